The van der Waals surface area contributed by atoms with Gasteiger partial charge in [-0.05, 0) is 69.1 Å². The molecule has 0 spiro atoms. The summed E-state index contributed by atoms with van der Waals surface area (Å²) in [4.78, 5) is 5.00. The number of halogens is 1. The third kappa shape index (κ3) is 9.43. The molecule has 2 rings (SSSR count). The van der Waals surface area contributed by atoms with Crippen LogP contribution in [0.25, 0.3) is 0 Å². The zero-order chi connectivity index (χ0) is 22.5. The fourth-order valence-corrected chi connectivity index (χ4v) is 4.34. The quantitative estimate of drug-likeness (QED) is 0.201. The number of nitrogens with one attached hydrogen (secondary N) is 2. The Morgan fingerprint density at radius 3 is 2.41 bits per heavy atom. The molecule has 184 valence electrons. The van der Waals surface area contributed by atoms with E-state index in [1.807, 2.05) is 6.92 Å². The van der Waals surface area contributed by atoms with Crippen LogP contribution in [0.4, 0.5) is 0 Å². The Balaban J connectivity index is 0.00000512. The van der Waals surface area contributed by atoms with E-state index in [-0.39, 0.29) is 36.0 Å². The number of hydrogen-bond acceptors (Lipinski definition) is 4. The van der Waals surface area contributed by atoms with Crippen molar-refractivity contribution in [2.75, 3.05) is 46.1 Å². The minimum absolute atomic E-state index is 0. The molecule has 3 N–H and O–H groups in total. The van der Waals surface area contributed by atoms with E-state index in [1.54, 1.807) is 0 Å². The highest BCUT2D eigenvalue weighted by Gasteiger charge is 2.34. The molecule has 1 heterocycles. The highest BCUT2D eigenvalue weighted by atomic mass is 127. The van der Waals surface area contributed by atoms with Crippen molar-refractivity contribution in [1.29, 1.82) is 0 Å². The largest absolute Gasteiger partial charge is 0.494 e. The number of aliphatic imine (C=N–C) groups is 1. The molecular weight excluding hydrogens is 517 g/mol. The van der Waals surface area contributed by atoms with Crippen LogP contribution in [0.3, 0.4) is 0 Å². The zero-order valence-electron chi connectivity index (χ0n) is 20.4. The molecule has 1 fully saturated rings. The summed E-state index contributed by atoms with van der Waals surface area (Å²) in [5.41, 5.74) is 1.28. The lowest BCUT2D eigenvalue weighted by Gasteiger charge is -2.37. The lowest BCUT2D eigenvalue weighted by atomic mass is 9.74. The number of rotatable bonds is 12. The lowest BCUT2D eigenvalue weighted by Crippen LogP contribution is -2.42. The molecule has 0 bridgehead atoms. The van der Waals surface area contributed by atoms with E-state index in [2.05, 4.69) is 55.7 Å². The number of aliphatic hydroxyl groups is 1. The number of nitrogens with zero attached hydrogens (tertiary/aromatic N) is 1. The van der Waals surface area contributed by atoms with Gasteiger partial charge in [0.25, 0.3) is 0 Å². The molecule has 1 aromatic carbocycles. The average Bonchev–Trinajstić information content (AvgIpc) is 2.77. The fraction of sp³-hybridized carbons (Fsp3) is 0.720. The van der Waals surface area contributed by atoms with Gasteiger partial charge in [-0.2, -0.15) is 0 Å². The third-order valence-electron chi connectivity index (χ3n) is 6.01. The van der Waals surface area contributed by atoms with Gasteiger partial charge >= 0.3 is 0 Å². The van der Waals surface area contributed by atoms with Crippen LogP contribution < -0.4 is 15.4 Å². The third-order valence-corrected chi connectivity index (χ3v) is 6.01. The number of benzene rings is 1. The van der Waals surface area contributed by atoms with Crippen molar-refractivity contribution in [2.24, 2.45) is 16.8 Å². The van der Waals surface area contributed by atoms with E-state index in [1.165, 1.54) is 5.56 Å². The van der Waals surface area contributed by atoms with Crippen molar-refractivity contribution in [1.82, 2.24) is 10.6 Å². The Morgan fingerprint density at radius 2 is 1.84 bits per heavy atom. The van der Waals surface area contributed by atoms with Crippen molar-refractivity contribution in [2.45, 2.75) is 58.8 Å². The SMILES string of the molecule is CCNC(=NCC1(c2ccc(OCC)cc2)CCOCC1)NCC(CCO)CC(C)C.I. The van der Waals surface area contributed by atoms with Crippen LogP contribution in [0.1, 0.15) is 58.9 Å². The second-order valence-corrected chi connectivity index (χ2v) is 8.93. The summed E-state index contributed by atoms with van der Waals surface area (Å²) in [7, 11) is 0. The predicted molar refractivity (Wildman–Crippen MR) is 143 cm³/mol. The van der Waals surface area contributed by atoms with Gasteiger partial charge in [-0.15, -0.1) is 24.0 Å². The summed E-state index contributed by atoms with van der Waals surface area (Å²) in [5.74, 6) is 2.82. The Kier molecular flexibility index (Phi) is 14.2. The molecule has 0 amide bonds. The molecule has 1 unspecified atom stereocenters. The topological polar surface area (TPSA) is 75.1 Å². The molecule has 1 aliphatic rings. The van der Waals surface area contributed by atoms with Gasteiger partial charge in [0.05, 0.1) is 13.2 Å². The van der Waals surface area contributed by atoms with Gasteiger partial charge in [0.15, 0.2) is 5.96 Å². The number of ether oxygens (including phenoxy) is 2. The molecule has 1 atom stereocenters. The highest BCUT2D eigenvalue weighted by Crippen LogP contribution is 2.36. The van der Waals surface area contributed by atoms with Crippen LogP contribution in [0.2, 0.25) is 0 Å². The first kappa shape index (κ1) is 29.0. The summed E-state index contributed by atoms with van der Waals surface area (Å²) >= 11 is 0. The Bertz CT molecular complexity index is 646. The fourth-order valence-electron chi connectivity index (χ4n) is 4.34. The molecule has 6 nitrogen and oxygen atoms in total. The molecule has 0 radical (unpaired) electrons. The van der Waals surface area contributed by atoms with Crippen molar-refractivity contribution in [3.63, 3.8) is 0 Å². The molecule has 32 heavy (non-hydrogen) atoms. The number of guanidine groups is 1. The zero-order valence-corrected chi connectivity index (χ0v) is 22.7. The minimum atomic E-state index is -0.0201. The smallest absolute Gasteiger partial charge is 0.191 e. The summed E-state index contributed by atoms with van der Waals surface area (Å²) in [5, 5.41) is 16.3. The van der Waals surface area contributed by atoms with E-state index in [0.29, 0.717) is 25.0 Å². The minimum Gasteiger partial charge on any atom is -0.494 e. The normalized spacial score (nSPS) is 16.9. The van der Waals surface area contributed by atoms with E-state index >= 15 is 0 Å². The van der Waals surface area contributed by atoms with Crippen molar-refractivity contribution in [3.8, 4) is 5.75 Å². The summed E-state index contributed by atoms with van der Waals surface area (Å²) < 4.78 is 11.3. The molecule has 1 aromatic rings. The molecule has 1 aliphatic heterocycles. The Hall–Kier alpha value is -1.06. The van der Waals surface area contributed by atoms with Gasteiger partial charge in [0, 0.05) is 38.3 Å². The van der Waals surface area contributed by atoms with E-state index < -0.39 is 0 Å². The molecular formula is C25H44IN3O3. The summed E-state index contributed by atoms with van der Waals surface area (Å²) in [6, 6.07) is 8.50. The maximum absolute atomic E-state index is 9.41. The van der Waals surface area contributed by atoms with E-state index in [9.17, 15) is 5.11 Å². The second kappa shape index (κ2) is 15.7. The van der Waals surface area contributed by atoms with Gasteiger partial charge in [0.1, 0.15) is 5.75 Å². The van der Waals surface area contributed by atoms with Crippen LogP contribution in [-0.2, 0) is 10.2 Å². The van der Waals surface area contributed by atoms with Crippen LogP contribution in [-0.4, -0.2) is 57.1 Å². The Labute approximate surface area is 212 Å². The van der Waals surface area contributed by atoms with Gasteiger partial charge < -0.3 is 25.2 Å². The van der Waals surface area contributed by atoms with Crippen LogP contribution >= 0.6 is 24.0 Å². The molecule has 7 heteroatoms. The maximum Gasteiger partial charge on any atom is 0.191 e. The van der Waals surface area contributed by atoms with Crippen molar-refractivity contribution >= 4 is 29.9 Å². The summed E-state index contributed by atoms with van der Waals surface area (Å²) in [6.07, 6.45) is 3.84. The van der Waals surface area contributed by atoms with Gasteiger partial charge in [0.2, 0.25) is 0 Å². The molecule has 0 aromatic heterocycles. The second-order valence-electron chi connectivity index (χ2n) is 8.93. The van der Waals surface area contributed by atoms with Crippen molar-refractivity contribution < 1.29 is 14.6 Å². The predicted octanol–water partition coefficient (Wildman–Crippen LogP) is 4.35. The van der Waals surface area contributed by atoms with E-state index in [0.717, 1.165) is 63.7 Å². The van der Waals surface area contributed by atoms with Crippen LogP contribution in [0, 0.1) is 11.8 Å². The first-order valence-electron chi connectivity index (χ1n) is 12.0. The maximum atomic E-state index is 9.41. The van der Waals surface area contributed by atoms with Crippen molar-refractivity contribution in [3.05, 3.63) is 29.8 Å². The standard InChI is InChI=1S/C25H43N3O3.HI/c1-5-26-24(27-18-21(11-14-29)17-20(3)4)28-19-25(12-15-30-16-13-25)22-7-9-23(10-8-22)31-6-2;/h7-10,20-21,29H,5-6,11-19H2,1-4H3,(H2,26,27,28);1H. The highest BCUT2D eigenvalue weighted by molar-refractivity contribution is 14.0. The average molecular weight is 562 g/mol. The number of hydrogen-bond donors (Lipinski definition) is 3. The van der Waals surface area contributed by atoms with Crippen LogP contribution in [0.15, 0.2) is 29.3 Å². The summed E-state index contributed by atoms with van der Waals surface area (Å²) in [6.45, 7) is 13.3. The first-order valence-corrected chi connectivity index (χ1v) is 12.0. The van der Waals surface area contributed by atoms with Gasteiger partial charge in [-0.1, -0.05) is 26.0 Å². The van der Waals surface area contributed by atoms with E-state index in [4.69, 9.17) is 14.5 Å². The monoisotopic (exact) mass is 561 g/mol. The van der Waals surface area contributed by atoms with Gasteiger partial charge in [-0.25, -0.2) is 0 Å². The number of aliphatic hydroxyl groups excluding tert-OH is 1. The van der Waals surface area contributed by atoms with Gasteiger partial charge in [-0.3, -0.25) is 4.99 Å². The molecule has 0 aliphatic carbocycles. The molecule has 0 saturated carbocycles. The Morgan fingerprint density at radius 1 is 1.16 bits per heavy atom. The first-order chi connectivity index (χ1) is 15.0. The van der Waals surface area contributed by atoms with Crippen LogP contribution in [0.5, 0.6) is 5.75 Å². The molecule has 1 saturated heterocycles. The lowest BCUT2D eigenvalue weighted by molar-refractivity contribution is 0.0531.